The molecule has 0 saturated heterocycles. The summed E-state index contributed by atoms with van der Waals surface area (Å²) in [5.74, 6) is -0.145. The molecule has 0 aromatic carbocycles. The number of carbonyl (C=O) groups excluding carboxylic acids is 1. The van der Waals surface area contributed by atoms with Gasteiger partial charge in [0.2, 0.25) is 0 Å². The van der Waals surface area contributed by atoms with Crippen molar-refractivity contribution >= 4 is 5.78 Å². The Bertz CT molecular complexity index is 202. The smallest absolute Gasteiger partial charge is 0.152 e. The van der Waals surface area contributed by atoms with Gasteiger partial charge in [0.05, 0.1) is 0 Å². The van der Waals surface area contributed by atoms with Gasteiger partial charge in [0.1, 0.15) is 5.67 Å². The molecule has 0 aromatic heterocycles. The van der Waals surface area contributed by atoms with Gasteiger partial charge in [-0.2, -0.15) is 0 Å². The quantitative estimate of drug-likeness (QED) is 0.453. The zero-order chi connectivity index (χ0) is 9.07. The number of halogens is 1. The van der Waals surface area contributed by atoms with Gasteiger partial charge in [-0.1, -0.05) is 12.7 Å². The Balaban J connectivity index is 4.59. The summed E-state index contributed by atoms with van der Waals surface area (Å²) in [7, 11) is 0. The molecule has 0 spiro atoms. The molecule has 0 N–H and O–H groups in total. The summed E-state index contributed by atoms with van der Waals surface area (Å²) >= 11 is 0. The Morgan fingerprint density at radius 2 is 2.00 bits per heavy atom. The molecule has 1 unspecified atom stereocenters. The molecule has 62 valence electrons. The second-order valence-corrected chi connectivity index (χ2v) is 2.72. The third-order valence-electron chi connectivity index (χ3n) is 1.57. The predicted octanol–water partition coefficient (Wildman–Crippen LogP) is 2.44. The number of carbonyl (C=O) groups is 1. The van der Waals surface area contributed by atoms with Crippen molar-refractivity contribution < 1.29 is 9.18 Å². The summed E-state index contributed by atoms with van der Waals surface area (Å²) in [6.45, 7) is 7.67. The first-order valence-electron chi connectivity index (χ1n) is 3.42. The van der Waals surface area contributed by atoms with Crippen LogP contribution in [0.4, 0.5) is 4.39 Å². The van der Waals surface area contributed by atoms with Crippen molar-refractivity contribution in [2.45, 2.75) is 26.4 Å². The predicted molar refractivity (Wildman–Crippen MR) is 44.1 cm³/mol. The van der Waals surface area contributed by atoms with E-state index in [1.165, 1.54) is 26.0 Å². The van der Waals surface area contributed by atoms with Gasteiger partial charge in [0, 0.05) is 0 Å². The molecule has 0 fully saturated rings. The maximum absolute atomic E-state index is 13.2. The van der Waals surface area contributed by atoms with Crippen LogP contribution < -0.4 is 0 Å². The van der Waals surface area contributed by atoms with Gasteiger partial charge in [-0.15, -0.1) is 0 Å². The molecule has 1 atom stereocenters. The van der Waals surface area contributed by atoms with E-state index in [4.69, 9.17) is 0 Å². The van der Waals surface area contributed by atoms with Crippen LogP contribution in [0.15, 0.2) is 24.3 Å². The zero-order valence-electron chi connectivity index (χ0n) is 7.15. The summed E-state index contributed by atoms with van der Waals surface area (Å²) in [5, 5.41) is 0. The molecule has 0 aliphatic carbocycles. The molecule has 0 heterocycles. The minimum absolute atomic E-state index is 0.145. The third-order valence-corrected chi connectivity index (χ3v) is 1.57. The van der Waals surface area contributed by atoms with Crippen molar-refractivity contribution in [1.82, 2.24) is 0 Å². The van der Waals surface area contributed by atoms with E-state index in [1.807, 2.05) is 0 Å². The zero-order valence-corrected chi connectivity index (χ0v) is 7.15. The highest BCUT2D eigenvalue weighted by molar-refractivity contribution is 5.88. The SMILES string of the molecule is C=CC(C)(F)/C(C)=C/C(C)=O. The van der Waals surface area contributed by atoms with Crippen LogP contribution in [-0.2, 0) is 4.79 Å². The van der Waals surface area contributed by atoms with Crippen molar-refractivity contribution in [2.24, 2.45) is 0 Å². The lowest BCUT2D eigenvalue weighted by molar-refractivity contribution is -0.112. The van der Waals surface area contributed by atoms with E-state index < -0.39 is 5.67 Å². The Morgan fingerprint density at radius 1 is 1.55 bits per heavy atom. The minimum atomic E-state index is -1.56. The highest BCUT2D eigenvalue weighted by Gasteiger charge is 2.20. The number of rotatable bonds is 3. The number of hydrogen-bond acceptors (Lipinski definition) is 1. The van der Waals surface area contributed by atoms with Gasteiger partial charge in [-0.05, 0) is 32.4 Å². The first-order valence-corrected chi connectivity index (χ1v) is 3.42. The highest BCUT2D eigenvalue weighted by atomic mass is 19.1. The van der Waals surface area contributed by atoms with Gasteiger partial charge >= 0.3 is 0 Å². The molecule has 0 rings (SSSR count). The lowest BCUT2D eigenvalue weighted by atomic mass is 9.98. The van der Waals surface area contributed by atoms with Crippen molar-refractivity contribution in [3.63, 3.8) is 0 Å². The molecule has 0 aromatic rings. The van der Waals surface area contributed by atoms with E-state index in [9.17, 15) is 9.18 Å². The van der Waals surface area contributed by atoms with E-state index in [0.29, 0.717) is 5.57 Å². The fourth-order valence-electron chi connectivity index (χ4n) is 0.607. The first kappa shape index (κ1) is 10.1. The Morgan fingerprint density at radius 3 is 2.27 bits per heavy atom. The minimum Gasteiger partial charge on any atom is -0.295 e. The molecule has 0 aliphatic heterocycles. The fraction of sp³-hybridized carbons (Fsp3) is 0.444. The molecule has 1 nitrogen and oxygen atoms in total. The molecule has 0 amide bonds. The maximum atomic E-state index is 13.2. The van der Waals surface area contributed by atoms with E-state index in [-0.39, 0.29) is 5.78 Å². The largest absolute Gasteiger partial charge is 0.295 e. The second kappa shape index (κ2) is 3.46. The van der Waals surface area contributed by atoms with Gasteiger partial charge in [-0.25, -0.2) is 4.39 Å². The van der Waals surface area contributed by atoms with Crippen LogP contribution in [0.5, 0.6) is 0 Å². The number of ketones is 1. The summed E-state index contributed by atoms with van der Waals surface area (Å²) in [6, 6.07) is 0. The van der Waals surface area contributed by atoms with Gasteiger partial charge in [0.15, 0.2) is 5.78 Å². The van der Waals surface area contributed by atoms with Crippen molar-refractivity contribution in [3.8, 4) is 0 Å². The van der Waals surface area contributed by atoms with E-state index in [0.717, 1.165) is 0 Å². The number of alkyl halides is 1. The van der Waals surface area contributed by atoms with Crippen molar-refractivity contribution in [2.75, 3.05) is 0 Å². The third kappa shape index (κ3) is 3.12. The van der Waals surface area contributed by atoms with E-state index in [2.05, 4.69) is 6.58 Å². The molecule has 0 radical (unpaired) electrons. The lowest BCUT2D eigenvalue weighted by Gasteiger charge is -2.15. The maximum Gasteiger partial charge on any atom is 0.152 e. The summed E-state index contributed by atoms with van der Waals surface area (Å²) in [6.07, 6.45) is 2.46. The highest BCUT2D eigenvalue weighted by Crippen LogP contribution is 2.21. The number of allylic oxidation sites excluding steroid dienone is 3. The first-order chi connectivity index (χ1) is 4.90. The Hall–Kier alpha value is -0.920. The Kier molecular flexibility index (Phi) is 3.18. The molecule has 0 saturated carbocycles. The fourth-order valence-corrected chi connectivity index (χ4v) is 0.607. The van der Waals surface area contributed by atoms with Gasteiger partial charge < -0.3 is 0 Å². The number of hydrogen-bond donors (Lipinski definition) is 0. The molecule has 2 heteroatoms. The summed E-state index contributed by atoms with van der Waals surface area (Å²) in [4.78, 5) is 10.5. The van der Waals surface area contributed by atoms with Crippen LogP contribution in [0, 0.1) is 0 Å². The molecule has 0 aliphatic rings. The van der Waals surface area contributed by atoms with E-state index >= 15 is 0 Å². The van der Waals surface area contributed by atoms with Crippen LogP contribution in [0.3, 0.4) is 0 Å². The molecular weight excluding hydrogens is 143 g/mol. The molecular formula is C9H13FO. The van der Waals surface area contributed by atoms with Crippen LogP contribution in [0.1, 0.15) is 20.8 Å². The standard InChI is InChI=1S/C9H13FO/c1-5-9(4,10)7(2)6-8(3)11/h5-6H,1H2,2-4H3/b7-6+. The molecule has 0 bridgehead atoms. The second-order valence-electron chi connectivity index (χ2n) is 2.72. The van der Waals surface area contributed by atoms with Crippen LogP contribution in [0.2, 0.25) is 0 Å². The monoisotopic (exact) mass is 156 g/mol. The van der Waals surface area contributed by atoms with Crippen LogP contribution in [0.25, 0.3) is 0 Å². The van der Waals surface area contributed by atoms with Crippen LogP contribution >= 0.6 is 0 Å². The average molecular weight is 156 g/mol. The van der Waals surface area contributed by atoms with Gasteiger partial charge in [-0.3, -0.25) is 4.79 Å². The van der Waals surface area contributed by atoms with Gasteiger partial charge in [0.25, 0.3) is 0 Å². The van der Waals surface area contributed by atoms with Crippen LogP contribution in [-0.4, -0.2) is 11.5 Å². The molecule has 11 heavy (non-hydrogen) atoms. The van der Waals surface area contributed by atoms with Crippen molar-refractivity contribution in [1.29, 1.82) is 0 Å². The average Bonchev–Trinajstić information content (AvgIpc) is 1.86. The van der Waals surface area contributed by atoms with E-state index in [1.54, 1.807) is 6.92 Å². The topological polar surface area (TPSA) is 17.1 Å². The Labute approximate surface area is 66.6 Å². The summed E-state index contributed by atoms with van der Waals surface area (Å²) in [5.41, 5.74) is -1.17. The lowest BCUT2D eigenvalue weighted by Crippen LogP contribution is -2.15. The van der Waals surface area contributed by atoms with Crippen molar-refractivity contribution in [3.05, 3.63) is 24.3 Å². The summed E-state index contributed by atoms with van der Waals surface area (Å²) < 4.78 is 13.2. The normalized spacial score (nSPS) is 17.3.